The van der Waals surface area contributed by atoms with E-state index in [2.05, 4.69) is 15.7 Å². The minimum absolute atomic E-state index is 0.0763. The standard InChI is InChI=1S/C23H31F3N4O3/c1-4-27-20(32)21(2,3)5-6-30-18(23(24,25)26)16(12-28-30)19(31)29-17-14-7-13-8-15(17)11-22(33,9-13)10-14/h5-6,12-15,17,33H,4,7-11H2,1-3H3,(H,27,32)(H,29,31)/b6-5+. The molecule has 5 rings (SSSR count). The molecule has 2 atom stereocenters. The molecule has 7 nitrogen and oxygen atoms in total. The van der Waals surface area contributed by atoms with Crippen LogP contribution < -0.4 is 10.6 Å². The molecule has 0 aliphatic heterocycles. The van der Waals surface area contributed by atoms with Gasteiger partial charge in [0.1, 0.15) is 0 Å². The van der Waals surface area contributed by atoms with Gasteiger partial charge in [-0.25, -0.2) is 4.68 Å². The first kappa shape index (κ1) is 23.8. The molecule has 1 aromatic rings. The molecule has 1 aromatic heterocycles. The number of rotatable bonds is 6. The number of amides is 2. The maximum atomic E-state index is 13.9. The van der Waals surface area contributed by atoms with Crippen molar-refractivity contribution in [2.45, 2.75) is 70.7 Å². The Kier molecular flexibility index (Phi) is 5.87. The monoisotopic (exact) mass is 468 g/mol. The molecular weight excluding hydrogens is 437 g/mol. The fourth-order valence-electron chi connectivity index (χ4n) is 6.09. The van der Waals surface area contributed by atoms with E-state index in [9.17, 15) is 27.9 Å². The van der Waals surface area contributed by atoms with Gasteiger partial charge in [-0.3, -0.25) is 9.59 Å². The van der Waals surface area contributed by atoms with Crippen LogP contribution in [0, 0.1) is 23.2 Å². The van der Waals surface area contributed by atoms with Crippen LogP contribution in [-0.2, 0) is 11.0 Å². The number of nitrogens with zero attached hydrogens (tertiary/aromatic N) is 2. The van der Waals surface area contributed by atoms with Gasteiger partial charge in [0.25, 0.3) is 5.91 Å². The summed E-state index contributed by atoms with van der Waals surface area (Å²) in [5, 5.41) is 20.0. The molecule has 10 heteroatoms. The Morgan fingerprint density at radius 3 is 2.42 bits per heavy atom. The number of alkyl halides is 3. The highest BCUT2D eigenvalue weighted by Crippen LogP contribution is 2.55. The Morgan fingerprint density at radius 1 is 1.24 bits per heavy atom. The van der Waals surface area contributed by atoms with Crippen LogP contribution in [0.25, 0.3) is 6.20 Å². The van der Waals surface area contributed by atoms with Crippen LogP contribution in [0.15, 0.2) is 12.3 Å². The predicted molar refractivity (Wildman–Crippen MR) is 115 cm³/mol. The van der Waals surface area contributed by atoms with Gasteiger partial charge < -0.3 is 15.7 Å². The van der Waals surface area contributed by atoms with Crippen LogP contribution in [0.5, 0.6) is 0 Å². The molecular formula is C23H31F3N4O3. The van der Waals surface area contributed by atoms with Crippen LogP contribution in [0.2, 0.25) is 0 Å². The Balaban J connectivity index is 1.56. The van der Waals surface area contributed by atoms with Gasteiger partial charge in [-0.05, 0) is 70.6 Å². The summed E-state index contributed by atoms with van der Waals surface area (Å²) in [5.74, 6) is -0.565. The topological polar surface area (TPSA) is 96.2 Å². The van der Waals surface area contributed by atoms with Crippen molar-refractivity contribution in [3.8, 4) is 0 Å². The minimum atomic E-state index is -4.82. The van der Waals surface area contributed by atoms with Crippen molar-refractivity contribution in [1.29, 1.82) is 0 Å². The predicted octanol–water partition coefficient (Wildman–Crippen LogP) is 3.20. The molecule has 1 heterocycles. The minimum Gasteiger partial charge on any atom is -0.390 e. The van der Waals surface area contributed by atoms with Crippen molar-refractivity contribution < 1.29 is 27.9 Å². The number of aliphatic hydroxyl groups is 1. The molecule has 182 valence electrons. The third kappa shape index (κ3) is 4.54. The Bertz CT molecular complexity index is 953. The summed E-state index contributed by atoms with van der Waals surface area (Å²) < 4.78 is 42.4. The largest absolute Gasteiger partial charge is 0.434 e. The molecule has 0 saturated heterocycles. The zero-order valence-corrected chi connectivity index (χ0v) is 19.1. The summed E-state index contributed by atoms with van der Waals surface area (Å²) in [6.07, 6.45) is 2.22. The van der Waals surface area contributed by atoms with Gasteiger partial charge in [-0.1, -0.05) is 6.08 Å². The van der Waals surface area contributed by atoms with Gasteiger partial charge in [-0.2, -0.15) is 18.3 Å². The van der Waals surface area contributed by atoms with E-state index in [1.54, 1.807) is 20.8 Å². The molecule has 0 spiro atoms. The van der Waals surface area contributed by atoms with Crippen LogP contribution in [0.4, 0.5) is 13.2 Å². The maximum absolute atomic E-state index is 13.9. The van der Waals surface area contributed by atoms with Crippen molar-refractivity contribution in [3.63, 3.8) is 0 Å². The Morgan fingerprint density at radius 2 is 1.88 bits per heavy atom. The highest BCUT2D eigenvalue weighted by molar-refractivity contribution is 5.95. The number of hydrogen-bond acceptors (Lipinski definition) is 4. The number of carbonyl (C=O) groups is 2. The van der Waals surface area contributed by atoms with Crippen LogP contribution in [0.1, 0.15) is 68.9 Å². The first-order valence-electron chi connectivity index (χ1n) is 11.5. The SMILES string of the molecule is CCNC(=O)C(C)(C)/C=C/n1ncc(C(=O)NC2C3CC4CC2CC(O)(C4)C3)c1C(F)(F)F. The fraction of sp³-hybridized carbons (Fsp3) is 0.696. The summed E-state index contributed by atoms with van der Waals surface area (Å²) in [6.45, 7) is 5.32. The Labute approximate surface area is 190 Å². The van der Waals surface area contributed by atoms with E-state index in [0.717, 1.165) is 31.7 Å². The third-order valence-corrected chi connectivity index (χ3v) is 7.40. The molecule has 2 unspecified atom stereocenters. The second kappa shape index (κ2) is 8.14. The molecule has 0 aromatic carbocycles. The summed E-state index contributed by atoms with van der Waals surface area (Å²) >= 11 is 0. The van der Waals surface area contributed by atoms with Gasteiger partial charge >= 0.3 is 6.18 Å². The highest BCUT2D eigenvalue weighted by atomic mass is 19.4. The molecule has 4 aliphatic rings. The summed E-state index contributed by atoms with van der Waals surface area (Å²) in [4.78, 5) is 25.1. The average Bonchev–Trinajstić information content (AvgIpc) is 3.13. The first-order valence-corrected chi connectivity index (χ1v) is 11.5. The second-order valence-corrected chi connectivity index (χ2v) is 10.4. The van der Waals surface area contributed by atoms with Crippen molar-refractivity contribution in [2.75, 3.05) is 6.54 Å². The molecule has 2 amide bonds. The third-order valence-electron chi connectivity index (χ3n) is 7.40. The van der Waals surface area contributed by atoms with E-state index >= 15 is 0 Å². The summed E-state index contributed by atoms with van der Waals surface area (Å²) in [6, 6.07) is -0.244. The average molecular weight is 469 g/mol. The van der Waals surface area contributed by atoms with E-state index in [4.69, 9.17) is 0 Å². The molecule has 4 bridgehead atoms. The zero-order valence-electron chi connectivity index (χ0n) is 19.1. The van der Waals surface area contributed by atoms with Gasteiger partial charge in [0.05, 0.1) is 22.8 Å². The lowest BCUT2D eigenvalue weighted by Crippen LogP contribution is -2.61. The van der Waals surface area contributed by atoms with E-state index in [1.165, 1.54) is 6.08 Å². The molecule has 4 saturated carbocycles. The van der Waals surface area contributed by atoms with E-state index in [0.29, 0.717) is 30.0 Å². The number of carbonyl (C=O) groups excluding carboxylic acids is 2. The molecule has 4 aliphatic carbocycles. The molecule has 0 radical (unpaired) electrons. The van der Waals surface area contributed by atoms with Crippen LogP contribution >= 0.6 is 0 Å². The normalized spacial score (nSPS) is 31.2. The van der Waals surface area contributed by atoms with E-state index < -0.39 is 34.4 Å². The molecule has 3 N–H and O–H groups in total. The lowest BCUT2D eigenvalue weighted by atomic mass is 9.52. The van der Waals surface area contributed by atoms with Crippen molar-refractivity contribution in [3.05, 3.63) is 23.5 Å². The number of aromatic nitrogens is 2. The van der Waals surface area contributed by atoms with E-state index in [-0.39, 0.29) is 23.8 Å². The quantitative estimate of drug-likeness (QED) is 0.598. The summed E-state index contributed by atoms with van der Waals surface area (Å²) in [5.41, 5.74) is -3.48. The van der Waals surface area contributed by atoms with Crippen molar-refractivity contribution in [1.82, 2.24) is 20.4 Å². The molecule has 33 heavy (non-hydrogen) atoms. The first-order chi connectivity index (χ1) is 15.3. The molecule has 4 fully saturated rings. The number of nitrogens with one attached hydrogen (secondary N) is 2. The van der Waals surface area contributed by atoms with Gasteiger partial charge in [-0.15, -0.1) is 0 Å². The maximum Gasteiger partial charge on any atom is 0.434 e. The van der Waals surface area contributed by atoms with Crippen LogP contribution in [-0.4, -0.2) is 44.9 Å². The smallest absolute Gasteiger partial charge is 0.390 e. The van der Waals surface area contributed by atoms with Crippen molar-refractivity contribution >= 4 is 18.0 Å². The lowest BCUT2D eigenvalue weighted by Gasteiger charge is -2.58. The lowest BCUT2D eigenvalue weighted by molar-refractivity contribution is -0.143. The van der Waals surface area contributed by atoms with Crippen LogP contribution in [0.3, 0.4) is 0 Å². The van der Waals surface area contributed by atoms with Gasteiger partial charge in [0.2, 0.25) is 5.91 Å². The fourth-order valence-corrected chi connectivity index (χ4v) is 6.09. The summed E-state index contributed by atoms with van der Waals surface area (Å²) in [7, 11) is 0. The Hall–Kier alpha value is -2.36. The zero-order chi connectivity index (χ0) is 24.2. The van der Waals surface area contributed by atoms with Gasteiger partial charge in [0, 0.05) is 18.8 Å². The van der Waals surface area contributed by atoms with Crippen molar-refractivity contribution in [2.24, 2.45) is 23.2 Å². The van der Waals surface area contributed by atoms with Gasteiger partial charge in [0.15, 0.2) is 5.69 Å². The highest BCUT2D eigenvalue weighted by Gasteiger charge is 2.55. The number of halogens is 3. The van der Waals surface area contributed by atoms with E-state index in [1.807, 2.05) is 0 Å². The number of hydrogen-bond donors (Lipinski definition) is 3. The second-order valence-electron chi connectivity index (χ2n) is 10.4.